The summed E-state index contributed by atoms with van der Waals surface area (Å²) in [5.41, 5.74) is 13.9. The molecule has 0 bridgehead atoms. The number of nitrogens with zero attached hydrogens (tertiary/aromatic N) is 3. The summed E-state index contributed by atoms with van der Waals surface area (Å²) in [5.74, 6) is 0.722. The Morgan fingerprint density at radius 2 is 1.03 bits per heavy atom. The van der Waals surface area contributed by atoms with Crippen molar-refractivity contribution in [3.63, 3.8) is 0 Å². The smallest absolute Gasteiger partial charge is 0.185 e. The van der Waals surface area contributed by atoms with E-state index in [1.807, 2.05) is 0 Å². The molecule has 0 radical (unpaired) electrons. The summed E-state index contributed by atoms with van der Waals surface area (Å²) in [4.78, 5) is 11.6. The lowest BCUT2D eigenvalue weighted by Crippen LogP contribution is -2.73. The van der Waals surface area contributed by atoms with E-state index in [4.69, 9.17) is 9.97 Å². The summed E-state index contributed by atoms with van der Waals surface area (Å²) in [7, 11) is -2.91. The van der Waals surface area contributed by atoms with Crippen molar-refractivity contribution in [1.29, 1.82) is 0 Å². The highest BCUT2D eigenvalue weighted by Gasteiger charge is 2.51. The van der Waals surface area contributed by atoms with E-state index in [1.165, 1.54) is 70.4 Å². The van der Waals surface area contributed by atoms with Gasteiger partial charge in [0, 0.05) is 38.1 Å². The molecular weight excluding hydrogens is 731 g/mol. The van der Waals surface area contributed by atoms with Crippen LogP contribution in [0.15, 0.2) is 200 Å². The first kappa shape index (κ1) is 33.9. The number of aromatic nitrogens is 3. The van der Waals surface area contributed by atoms with E-state index < -0.39 is 8.07 Å². The van der Waals surface area contributed by atoms with E-state index in [1.54, 1.807) is 0 Å². The maximum atomic E-state index is 5.79. The molecule has 8 aromatic carbocycles. The minimum Gasteiger partial charge on any atom is -0.308 e. The van der Waals surface area contributed by atoms with Crippen molar-refractivity contribution in [2.45, 2.75) is 19.3 Å². The summed E-state index contributed by atoms with van der Waals surface area (Å²) < 4.78 is 2.51. The molecule has 0 saturated carbocycles. The fraction of sp³-hybridized carbons (Fsp3) is 0.0545. The van der Waals surface area contributed by atoms with Gasteiger partial charge in [-0.2, -0.15) is 0 Å². The Labute approximate surface area is 345 Å². The van der Waals surface area contributed by atoms with Crippen LogP contribution in [-0.2, 0) is 5.41 Å². The molecule has 0 fully saturated rings. The van der Waals surface area contributed by atoms with Crippen LogP contribution in [0, 0.1) is 0 Å². The predicted octanol–water partition coefficient (Wildman–Crippen LogP) is 10.6. The van der Waals surface area contributed by atoms with Gasteiger partial charge in [-0.3, -0.25) is 0 Å². The van der Waals surface area contributed by atoms with Crippen LogP contribution in [0.1, 0.15) is 25.0 Å². The standard InChI is InChI=1S/C55H39N3Si/c1-55(2)45-30-16-12-26-39(45)41-34-35-42-40-27-13-17-31-46(40)58(52(42)49(41)55)47-32-18-14-28-43(47)54-56-50(36-20-6-3-7-21-36)53-51(57-54)44-29-15-19-33-48(44)59(53,37-22-8-4-9-23-37)38-24-10-5-11-25-38/h3-35H,1-2H3. The van der Waals surface area contributed by atoms with Crippen LogP contribution < -0.4 is 20.7 Å². The van der Waals surface area contributed by atoms with Crippen LogP contribution >= 0.6 is 0 Å². The third kappa shape index (κ3) is 4.63. The molecular formula is C55H39N3Si. The van der Waals surface area contributed by atoms with Crippen LogP contribution in [-0.4, -0.2) is 22.6 Å². The summed E-state index contributed by atoms with van der Waals surface area (Å²) in [6.45, 7) is 4.77. The highest BCUT2D eigenvalue weighted by atomic mass is 28.3. The Morgan fingerprint density at radius 3 is 1.78 bits per heavy atom. The zero-order valence-electron chi connectivity index (χ0n) is 32.9. The van der Waals surface area contributed by atoms with Crippen LogP contribution in [0.2, 0.25) is 0 Å². The van der Waals surface area contributed by atoms with Gasteiger partial charge in [0.1, 0.15) is 0 Å². The van der Waals surface area contributed by atoms with Crippen LogP contribution in [0.5, 0.6) is 0 Å². The topological polar surface area (TPSA) is 30.7 Å². The van der Waals surface area contributed by atoms with Gasteiger partial charge in [0.25, 0.3) is 0 Å². The molecule has 2 aliphatic rings. The zero-order valence-corrected chi connectivity index (χ0v) is 33.9. The van der Waals surface area contributed by atoms with Gasteiger partial charge >= 0.3 is 0 Å². The first-order valence-corrected chi connectivity index (χ1v) is 22.5. The third-order valence-electron chi connectivity index (χ3n) is 13.1. The second-order valence-electron chi connectivity index (χ2n) is 16.4. The van der Waals surface area contributed by atoms with Gasteiger partial charge in [0.15, 0.2) is 13.9 Å². The largest absolute Gasteiger partial charge is 0.308 e. The summed E-state index contributed by atoms with van der Waals surface area (Å²) in [6, 6.07) is 73.3. The van der Waals surface area contributed by atoms with E-state index in [0.717, 1.165) is 34.0 Å². The first-order valence-electron chi connectivity index (χ1n) is 20.5. The molecule has 0 amide bonds. The molecule has 2 aromatic heterocycles. The van der Waals surface area contributed by atoms with Gasteiger partial charge in [-0.25, -0.2) is 9.97 Å². The van der Waals surface area contributed by atoms with Crippen LogP contribution in [0.4, 0.5) is 0 Å². The maximum Gasteiger partial charge on any atom is 0.185 e. The lowest BCUT2D eigenvalue weighted by molar-refractivity contribution is 0.664. The van der Waals surface area contributed by atoms with E-state index in [9.17, 15) is 0 Å². The number of fused-ring (bicyclic) bond motifs is 10. The van der Waals surface area contributed by atoms with Crippen molar-refractivity contribution in [1.82, 2.24) is 14.5 Å². The van der Waals surface area contributed by atoms with Gasteiger partial charge in [-0.15, -0.1) is 0 Å². The molecule has 12 rings (SSSR count). The fourth-order valence-electron chi connectivity index (χ4n) is 10.7. The van der Waals surface area contributed by atoms with E-state index in [2.05, 4.69) is 219 Å². The molecule has 0 unspecified atom stereocenters. The average Bonchev–Trinajstić information content (AvgIpc) is 3.88. The molecule has 0 atom stereocenters. The van der Waals surface area contributed by atoms with Crippen molar-refractivity contribution >= 4 is 50.6 Å². The lowest BCUT2D eigenvalue weighted by atomic mass is 9.81. The second kappa shape index (κ2) is 12.7. The van der Waals surface area contributed by atoms with Gasteiger partial charge in [0.2, 0.25) is 0 Å². The van der Waals surface area contributed by atoms with Crippen molar-refractivity contribution in [2.75, 3.05) is 0 Å². The quantitative estimate of drug-likeness (QED) is 0.163. The number of rotatable bonds is 5. The fourth-order valence-corrected chi connectivity index (χ4v) is 15.9. The molecule has 1 aliphatic carbocycles. The zero-order chi connectivity index (χ0) is 39.3. The minimum absolute atomic E-state index is 0.205. The number of hydrogen-bond donors (Lipinski definition) is 0. The van der Waals surface area contributed by atoms with E-state index >= 15 is 0 Å². The van der Waals surface area contributed by atoms with Crippen molar-refractivity contribution in [3.05, 3.63) is 211 Å². The molecule has 0 spiro atoms. The highest BCUT2D eigenvalue weighted by Crippen LogP contribution is 2.53. The molecule has 59 heavy (non-hydrogen) atoms. The Hall–Kier alpha value is -7.14. The molecule has 0 saturated heterocycles. The van der Waals surface area contributed by atoms with Crippen molar-refractivity contribution < 1.29 is 0 Å². The number of para-hydroxylation sites is 2. The van der Waals surface area contributed by atoms with Gasteiger partial charge in [-0.05, 0) is 56.0 Å². The van der Waals surface area contributed by atoms with Crippen LogP contribution in [0.25, 0.3) is 72.5 Å². The van der Waals surface area contributed by atoms with Crippen molar-refractivity contribution in [2.24, 2.45) is 0 Å². The summed E-state index contributed by atoms with van der Waals surface area (Å²) in [5, 5.41) is 7.75. The molecule has 3 nitrogen and oxygen atoms in total. The van der Waals surface area contributed by atoms with E-state index in [0.29, 0.717) is 0 Å². The van der Waals surface area contributed by atoms with Gasteiger partial charge in [0.05, 0.1) is 28.1 Å². The monoisotopic (exact) mass is 769 g/mol. The Bertz CT molecular complexity index is 3250. The Morgan fingerprint density at radius 1 is 0.458 bits per heavy atom. The molecule has 4 heteroatoms. The molecule has 1 aliphatic heterocycles. The normalized spacial score (nSPS) is 14.2. The molecule has 278 valence electrons. The third-order valence-corrected chi connectivity index (χ3v) is 17.9. The second-order valence-corrected chi connectivity index (χ2v) is 20.1. The summed E-state index contributed by atoms with van der Waals surface area (Å²) >= 11 is 0. The SMILES string of the molecule is CC1(C)c2ccccc2-c2ccc3c4ccccc4n(-c4ccccc4-c4nc(-c5ccccc5)c5c(n4)-c4ccccc4[Si]5(c4ccccc4)c4ccccc4)c3c21. The first-order chi connectivity index (χ1) is 29.1. The number of hydrogen-bond acceptors (Lipinski definition) is 2. The van der Waals surface area contributed by atoms with Gasteiger partial charge < -0.3 is 4.57 Å². The van der Waals surface area contributed by atoms with E-state index in [-0.39, 0.29) is 5.41 Å². The van der Waals surface area contributed by atoms with Crippen LogP contribution in [0.3, 0.4) is 0 Å². The predicted molar refractivity (Wildman–Crippen MR) is 247 cm³/mol. The van der Waals surface area contributed by atoms with Gasteiger partial charge in [-0.1, -0.05) is 196 Å². The number of benzene rings is 8. The molecule has 0 N–H and O–H groups in total. The maximum absolute atomic E-state index is 5.79. The molecule has 10 aromatic rings. The summed E-state index contributed by atoms with van der Waals surface area (Å²) in [6.07, 6.45) is 0. The Balaban J connectivity index is 1.20. The molecule has 3 heterocycles. The highest BCUT2D eigenvalue weighted by molar-refractivity contribution is 7.22. The minimum atomic E-state index is -2.91. The lowest BCUT2D eigenvalue weighted by Gasteiger charge is -2.32. The van der Waals surface area contributed by atoms with Crippen molar-refractivity contribution in [3.8, 4) is 50.7 Å². The average molecular weight is 770 g/mol. The Kier molecular flexibility index (Phi) is 7.29.